The SMILES string of the molecule is CN1CCN(c2ccc(CCCCC(F)(F)F)cc2)CC1. The molecule has 0 saturated carbocycles. The fraction of sp³-hybridized carbons (Fsp3) is 0.625. The molecule has 1 aromatic rings. The van der Waals surface area contributed by atoms with Crippen molar-refractivity contribution in [3.8, 4) is 0 Å². The zero-order chi connectivity index (χ0) is 15.3. The molecule has 1 heterocycles. The van der Waals surface area contributed by atoms with E-state index in [1.807, 2.05) is 12.1 Å². The van der Waals surface area contributed by atoms with Crippen LogP contribution in [0.1, 0.15) is 24.8 Å². The summed E-state index contributed by atoms with van der Waals surface area (Å²) < 4.78 is 36.2. The molecule has 0 atom stereocenters. The number of halogens is 3. The van der Waals surface area contributed by atoms with E-state index < -0.39 is 12.6 Å². The molecule has 1 aliphatic heterocycles. The second-order valence-corrected chi connectivity index (χ2v) is 5.78. The highest BCUT2D eigenvalue weighted by Crippen LogP contribution is 2.23. The second kappa shape index (κ2) is 7.16. The van der Waals surface area contributed by atoms with E-state index >= 15 is 0 Å². The molecule has 1 fully saturated rings. The molecule has 21 heavy (non-hydrogen) atoms. The minimum Gasteiger partial charge on any atom is -0.369 e. The van der Waals surface area contributed by atoms with E-state index in [2.05, 4.69) is 29.0 Å². The largest absolute Gasteiger partial charge is 0.389 e. The van der Waals surface area contributed by atoms with Crippen molar-refractivity contribution in [3.63, 3.8) is 0 Å². The summed E-state index contributed by atoms with van der Waals surface area (Å²) >= 11 is 0. The molecule has 2 rings (SSSR count). The summed E-state index contributed by atoms with van der Waals surface area (Å²) in [5.41, 5.74) is 2.33. The maximum atomic E-state index is 12.1. The third-order valence-electron chi connectivity index (χ3n) is 3.98. The third-order valence-corrected chi connectivity index (χ3v) is 3.98. The number of alkyl halides is 3. The van der Waals surface area contributed by atoms with E-state index in [-0.39, 0.29) is 6.42 Å². The Balaban J connectivity index is 1.77. The zero-order valence-electron chi connectivity index (χ0n) is 12.5. The van der Waals surface area contributed by atoms with Crippen LogP contribution in [0, 0.1) is 0 Å². The average molecular weight is 300 g/mol. The van der Waals surface area contributed by atoms with Gasteiger partial charge in [-0.15, -0.1) is 0 Å². The summed E-state index contributed by atoms with van der Waals surface area (Å²) in [6, 6.07) is 8.26. The van der Waals surface area contributed by atoms with Crippen LogP contribution in [-0.4, -0.2) is 44.3 Å². The molecule has 0 aliphatic carbocycles. The predicted molar refractivity (Wildman–Crippen MR) is 79.8 cm³/mol. The normalized spacial score (nSPS) is 17.2. The molecule has 0 aromatic heterocycles. The van der Waals surface area contributed by atoms with Crippen molar-refractivity contribution in [2.24, 2.45) is 0 Å². The van der Waals surface area contributed by atoms with E-state index in [9.17, 15) is 13.2 Å². The van der Waals surface area contributed by atoms with Crippen molar-refractivity contribution in [2.45, 2.75) is 31.9 Å². The molecule has 1 aromatic carbocycles. The highest BCUT2D eigenvalue weighted by Gasteiger charge is 2.25. The summed E-state index contributed by atoms with van der Waals surface area (Å²) in [7, 11) is 2.13. The fourth-order valence-corrected chi connectivity index (χ4v) is 2.59. The van der Waals surface area contributed by atoms with Gasteiger partial charge in [0.2, 0.25) is 0 Å². The van der Waals surface area contributed by atoms with Gasteiger partial charge >= 0.3 is 6.18 Å². The molecule has 5 heteroatoms. The van der Waals surface area contributed by atoms with Gasteiger partial charge in [-0.2, -0.15) is 13.2 Å². The maximum absolute atomic E-state index is 12.1. The quantitative estimate of drug-likeness (QED) is 0.765. The van der Waals surface area contributed by atoms with E-state index in [4.69, 9.17) is 0 Å². The first-order valence-electron chi connectivity index (χ1n) is 7.53. The smallest absolute Gasteiger partial charge is 0.369 e. The molecule has 0 bridgehead atoms. The lowest BCUT2D eigenvalue weighted by Gasteiger charge is -2.34. The van der Waals surface area contributed by atoms with Crippen molar-refractivity contribution >= 4 is 5.69 Å². The van der Waals surface area contributed by atoms with Crippen molar-refractivity contribution in [1.82, 2.24) is 4.90 Å². The first kappa shape index (κ1) is 16.1. The maximum Gasteiger partial charge on any atom is 0.389 e. The standard InChI is InChI=1S/C16H23F3N2/c1-20-10-12-21(13-11-20)15-7-5-14(6-8-15)4-2-3-9-16(17,18)19/h5-8H,2-4,9-13H2,1H3. The van der Waals surface area contributed by atoms with E-state index in [1.54, 1.807) is 0 Å². The average Bonchev–Trinajstić information content (AvgIpc) is 2.44. The molecule has 0 unspecified atom stereocenters. The van der Waals surface area contributed by atoms with Gasteiger partial charge in [-0.05, 0) is 44.0 Å². The summed E-state index contributed by atoms with van der Waals surface area (Å²) in [6.07, 6.45) is -3.17. The van der Waals surface area contributed by atoms with Crippen molar-refractivity contribution in [1.29, 1.82) is 0 Å². The summed E-state index contributed by atoms with van der Waals surface area (Å²) in [5, 5.41) is 0. The summed E-state index contributed by atoms with van der Waals surface area (Å²) in [6.45, 7) is 4.20. The number of hydrogen-bond acceptors (Lipinski definition) is 2. The Bertz CT molecular complexity index is 420. The van der Waals surface area contributed by atoms with Gasteiger partial charge < -0.3 is 9.80 Å². The lowest BCUT2D eigenvalue weighted by molar-refractivity contribution is -0.135. The van der Waals surface area contributed by atoms with Crippen LogP contribution in [0.5, 0.6) is 0 Å². The van der Waals surface area contributed by atoms with Gasteiger partial charge in [0.05, 0.1) is 0 Å². The first-order chi connectivity index (χ1) is 9.94. The van der Waals surface area contributed by atoms with Crippen LogP contribution < -0.4 is 4.90 Å². The van der Waals surface area contributed by atoms with Crippen LogP contribution >= 0.6 is 0 Å². The Morgan fingerprint density at radius 2 is 1.57 bits per heavy atom. The van der Waals surface area contributed by atoms with Gasteiger partial charge in [0.15, 0.2) is 0 Å². The van der Waals surface area contributed by atoms with Crippen LogP contribution in [0.4, 0.5) is 18.9 Å². The predicted octanol–water partition coefficient (Wildman–Crippen LogP) is 3.71. The Morgan fingerprint density at radius 3 is 2.14 bits per heavy atom. The number of nitrogens with zero attached hydrogens (tertiary/aromatic N) is 2. The monoisotopic (exact) mass is 300 g/mol. The molecule has 0 spiro atoms. The van der Waals surface area contributed by atoms with E-state index in [1.165, 1.54) is 5.69 Å². The summed E-state index contributed by atoms with van der Waals surface area (Å²) in [4.78, 5) is 4.67. The molecule has 0 radical (unpaired) electrons. The molecular weight excluding hydrogens is 277 g/mol. The number of aryl methyl sites for hydroxylation is 1. The van der Waals surface area contributed by atoms with Gasteiger partial charge in [-0.1, -0.05) is 12.1 Å². The second-order valence-electron chi connectivity index (χ2n) is 5.78. The third kappa shape index (κ3) is 5.58. The van der Waals surface area contributed by atoms with Crippen LogP contribution in [0.3, 0.4) is 0 Å². The van der Waals surface area contributed by atoms with Gasteiger partial charge in [-0.3, -0.25) is 0 Å². The van der Waals surface area contributed by atoms with Crippen LogP contribution in [0.2, 0.25) is 0 Å². The lowest BCUT2D eigenvalue weighted by Crippen LogP contribution is -2.44. The molecule has 1 saturated heterocycles. The molecule has 118 valence electrons. The van der Waals surface area contributed by atoms with Crippen LogP contribution in [0.25, 0.3) is 0 Å². The molecule has 0 amide bonds. The van der Waals surface area contributed by atoms with E-state index in [0.29, 0.717) is 6.42 Å². The summed E-state index contributed by atoms with van der Waals surface area (Å²) in [5.74, 6) is 0. The van der Waals surface area contributed by atoms with Gasteiger partial charge in [0.1, 0.15) is 0 Å². The van der Waals surface area contributed by atoms with Crippen LogP contribution in [-0.2, 0) is 6.42 Å². The van der Waals surface area contributed by atoms with Crippen LogP contribution in [0.15, 0.2) is 24.3 Å². The van der Waals surface area contributed by atoms with E-state index in [0.717, 1.165) is 38.2 Å². The van der Waals surface area contributed by atoms with Gasteiger partial charge in [0.25, 0.3) is 0 Å². The topological polar surface area (TPSA) is 6.48 Å². The molecular formula is C16H23F3N2. The Hall–Kier alpha value is -1.23. The number of likely N-dealkylation sites (N-methyl/N-ethyl adjacent to an activating group) is 1. The minimum absolute atomic E-state index is 0.212. The number of rotatable bonds is 5. The molecule has 1 aliphatic rings. The number of hydrogen-bond donors (Lipinski definition) is 0. The number of benzene rings is 1. The van der Waals surface area contributed by atoms with Crippen molar-refractivity contribution < 1.29 is 13.2 Å². The number of piperazine rings is 1. The van der Waals surface area contributed by atoms with Gasteiger partial charge in [-0.25, -0.2) is 0 Å². The minimum atomic E-state index is -4.02. The molecule has 0 N–H and O–H groups in total. The fourth-order valence-electron chi connectivity index (χ4n) is 2.59. The molecule has 2 nitrogen and oxygen atoms in total. The highest BCUT2D eigenvalue weighted by atomic mass is 19.4. The Labute approximate surface area is 124 Å². The Kier molecular flexibility index (Phi) is 5.51. The lowest BCUT2D eigenvalue weighted by atomic mass is 10.1. The van der Waals surface area contributed by atoms with Gasteiger partial charge in [0, 0.05) is 38.3 Å². The first-order valence-corrected chi connectivity index (χ1v) is 7.53. The number of unbranched alkanes of at least 4 members (excludes halogenated alkanes) is 1. The van der Waals surface area contributed by atoms with Crippen molar-refractivity contribution in [3.05, 3.63) is 29.8 Å². The Morgan fingerprint density at radius 1 is 0.952 bits per heavy atom. The highest BCUT2D eigenvalue weighted by molar-refractivity contribution is 5.48. The van der Waals surface area contributed by atoms with Crippen molar-refractivity contribution in [2.75, 3.05) is 38.1 Å². The zero-order valence-corrected chi connectivity index (χ0v) is 12.5. The number of anilines is 1.